The van der Waals surface area contributed by atoms with E-state index in [2.05, 4.69) is 5.32 Å². The molecule has 0 spiro atoms. The van der Waals surface area contributed by atoms with E-state index in [9.17, 15) is 9.59 Å². The fraction of sp³-hybridized carbons (Fsp3) is 0.467. The Hall–Kier alpha value is -2.24. The first-order valence-corrected chi connectivity index (χ1v) is 7.15. The zero-order valence-corrected chi connectivity index (χ0v) is 12.5. The number of hydroxylamine groups is 2. The molecule has 1 aromatic rings. The summed E-state index contributed by atoms with van der Waals surface area (Å²) < 4.78 is 5.03. The highest BCUT2D eigenvalue weighted by atomic mass is 16.8. The maximum atomic E-state index is 11.8. The summed E-state index contributed by atoms with van der Waals surface area (Å²) in [4.78, 5) is 28.5. The van der Waals surface area contributed by atoms with Gasteiger partial charge in [0, 0.05) is 5.69 Å². The van der Waals surface area contributed by atoms with E-state index in [1.165, 1.54) is 0 Å². The molecule has 1 aromatic carbocycles. The molecule has 1 N–H and O–H groups in total. The van der Waals surface area contributed by atoms with E-state index in [4.69, 9.17) is 9.57 Å². The van der Waals surface area contributed by atoms with E-state index in [1.807, 2.05) is 19.9 Å². The van der Waals surface area contributed by atoms with Gasteiger partial charge in [-0.3, -0.25) is 5.32 Å². The van der Waals surface area contributed by atoms with E-state index in [-0.39, 0.29) is 6.54 Å². The summed E-state index contributed by atoms with van der Waals surface area (Å²) >= 11 is 0. The van der Waals surface area contributed by atoms with E-state index >= 15 is 0 Å². The number of anilines is 1. The van der Waals surface area contributed by atoms with E-state index < -0.39 is 12.2 Å². The number of hydrogen-bond acceptors (Lipinski definition) is 4. The second-order valence-corrected chi connectivity index (χ2v) is 4.44. The van der Waals surface area contributed by atoms with Gasteiger partial charge >= 0.3 is 12.2 Å². The predicted octanol–water partition coefficient (Wildman–Crippen LogP) is 3.80. The summed E-state index contributed by atoms with van der Waals surface area (Å²) in [6.07, 6.45) is 0.996. The molecule has 0 bridgehead atoms. The summed E-state index contributed by atoms with van der Waals surface area (Å²) in [6.45, 7) is 4.48. The lowest BCUT2D eigenvalue weighted by molar-refractivity contribution is -0.0783. The van der Waals surface area contributed by atoms with Crippen molar-refractivity contribution in [2.45, 2.75) is 33.1 Å². The van der Waals surface area contributed by atoms with Crippen LogP contribution in [0.15, 0.2) is 30.3 Å². The topological polar surface area (TPSA) is 67.9 Å². The van der Waals surface area contributed by atoms with Crippen LogP contribution in [0.2, 0.25) is 0 Å². The Balaban J connectivity index is 2.48. The van der Waals surface area contributed by atoms with Crippen molar-refractivity contribution in [3.63, 3.8) is 0 Å². The summed E-state index contributed by atoms with van der Waals surface area (Å²) in [6, 6.07) is 8.87. The molecule has 0 saturated heterocycles. The number of nitrogens with zero attached hydrogens (tertiary/aromatic N) is 1. The highest BCUT2D eigenvalue weighted by Crippen LogP contribution is 2.07. The molecule has 0 radical (unpaired) electrons. The van der Waals surface area contributed by atoms with Crippen molar-refractivity contribution >= 4 is 17.9 Å². The lowest BCUT2D eigenvalue weighted by Crippen LogP contribution is -2.36. The molecule has 116 valence electrons. The molecule has 0 heterocycles. The van der Waals surface area contributed by atoms with Crippen molar-refractivity contribution in [1.82, 2.24) is 5.06 Å². The third kappa shape index (κ3) is 6.65. The fourth-order valence-corrected chi connectivity index (χ4v) is 1.52. The second kappa shape index (κ2) is 9.63. The van der Waals surface area contributed by atoms with E-state index in [0.29, 0.717) is 18.7 Å². The summed E-state index contributed by atoms with van der Waals surface area (Å²) in [5.41, 5.74) is 0.596. The highest BCUT2D eigenvalue weighted by Gasteiger charge is 2.19. The second-order valence-electron chi connectivity index (χ2n) is 4.44. The van der Waals surface area contributed by atoms with Crippen LogP contribution in [0, 0.1) is 0 Å². The number of benzene rings is 1. The van der Waals surface area contributed by atoms with Crippen LogP contribution in [0.4, 0.5) is 15.3 Å². The maximum Gasteiger partial charge on any atom is 0.443 e. The number of nitrogens with one attached hydrogen (secondary N) is 1. The minimum absolute atomic E-state index is 0.285. The van der Waals surface area contributed by atoms with Gasteiger partial charge in [-0.05, 0) is 25.0 Å². The summed E-state index contributed by atoms with van der Waals surface area (Å²) in [5, 5.41) is 3.48. The molecule has 1 rings (SSSR count). The average molecular weight is 294 g/mol. The van der Waals surface area contributed by atoms with Gasteiger partial charge < -0.3 is 9.57 Å². The zero-order valence-electron chi connectivity index (χ0n) is 12.5. The monoisotopic (exact) mass is 294 g/mol. The standard InChI is InChI=1S/C15H22N2O4/c1-3-5-12-20-15(19)17(11-4-2)21-14(18)16-13-9-7-6-8-10-13/h6-10H,3-5,11-12H2,1-2H3,(H,16,18). The van der Waals surface area contributed by atoms with Crippen LogP contribution in [-0.2, 0) is 9.57 Å². The number of para-hydroxylation sites is 1. The molecule has 0 saturated carbocycles. The Morgan fingerprint density at radius 2 is 1.86 bits per heavy atom. The molecule has 21 heavy (non-hydrogen) atoms. The average Bonchev–Trinajstić information content (AvgIpc) is 2.48. The van der Waals surface area contributed by atoms with Crippen LogP contribution in [-0.4, -0.2) is 30.4 Å². The van der Waals surface area contributed by atoms with Gasteiger partial charge in [0.25, 0.3) is 0 Å². The minimum atomic E-state index is -0.720. The minimum Gasteiger partial charge on any atom is -0.447 e. The van der Waals surface area contributed by atoms with Crippen molar-refractivity contribution in [2.24, 2.45) is 0 Å². The van der Waals surface area contributed by atoms with Gasteiger partial charge in [0.2, 0.25) is 0 Å². The van der Waals surface area contributed by atoms with Gasteiger partial charge in [-0.2, -0.15) is 0 Å². The number of carbonyl (C=O) groups excluding carboxylic acids is 2. The van der Waals surface area contributed by atoms with Gasteiger partial charge in [-0.1, -0.05) is 38.5 Å². The first kappa shape index (κ1) is 16.8. The highest BCUT2D eigenvalue weighted by molar-refractivity contribution is 5.85. The quantitative estimate of drug-likeness (QED) is 0.640. The van der Waals surface area contributed by atoms with Crippen LogP contribution in [0.1, 0.15) is 33.1 Å². The first-order valence-electron chi connectivity index (χ1n) is 7.15. The maximum absolute atomic E-state index is 11.8. The molecule has 0 unspecified atom stereocenters. The Morgan fingerprint density at radius 1 is 1.14 bits per heavy atom. The smallest absolute Gasteiger partial charge is 0.443 e. The molecule has 0 fully saturated rings. The van der Waals surface area contributed by atoms with Crippen LogP contribution >= 0.6 is 0 Å². The first-order chi connectivity index (χ1) is 10.2. The lowest BCUT2D eigenvalue weighted by Gasteiger charge is -2.20. The third-order valence-corrected chi connectivity index (χ3v) is 2.57. The Morgan fingerprint density at radius 3 is 2.48 bits per heavy atom. The Kier molecular flexibility index (Phi) is 7.71. The zero-order chi connectivity index (χ0) is 15.5. The Bertz CT molecular complexity index is 437. The normalized spacial score (nSPS) is 9.81. The molecule has 6 nitrogen and oxygen atoms in total. The molecule has 6 heteroatoms. The molecule has 0 aromatic heterocycles. The molecule has 0 aliphatic rings. The van der Waals surface area contributed by atoms with Crippen molar-refractivity contribution in [1.29, 1.82) is 0 Å². The molecular weight excluding hydrogens is 272 g/mol. The van der Waals surface area contributed by atoms with Gasteiger partial charge in [-0.25, -0.2) is 9.59 Å². The van der Waals surface area contributed by atoms with Gasteiger partial charge in [0.05, 0.1) is 13.2 Å². The molecule has 2 amide bonds. The van der Waals surface area contributed by atoms with Crippen LogP contribution in [0.25, 0.3) is 0 Å². The molecule has 0 aliphatic carbocycles. The molecule has 0 atom stereocenters. The number of carbonyl (C=O) groups is 2. The lowest BCUT2D eigenvalue weighted by atomic mass is 10.3. The van der Waals surface area contributed by atoms with Crippen LogP contribution in [0.5, 0.6) is 0 Å². The summed E-state index contributed by atoms with van der Waals surface area (Å²) in [7, 11) is 0. The molecule has 0 aliphatic heterocycles. The SMILES string of the molecule is CCCCOC(=O)N(CCC)OC(=O)Nc1ccccc1. The van der Waals surface area contributed by atoms with Crippen LogP contribution in [0.3, 0.4) is 0 Å². The summed E-state index contributed by atoms with van der Waals surface area (Å²) in [5.74, 6) is 0. The van der Waals surface area contributed by atoms with Crippen LogP contribution < -0.4 is 5.32 Å². The molecular formula is C15H22N2O4. The number of amides is 2. The van der Waals surface area contributed by atoms with E-state index in [1.54, 1.807) is 24.3 Å². The van der Waals surface area contributed by atoms with Crippen molar-refractivity contribution in [2.75, 3.05) is 18.5 Å². The van der Waals surface area contributed by atoms with Crippen molar-refractivity contribution in [3.05, 3.63) is 30.3 Å². The fourth-order valence-electron chi connectivity index (χ4n) is 1.52. The number of rotatable bonds is 6. The van der Waals surface area contributed by atoms with Gasteiger partial charge in [-0.15, -0.1) is 5.06 Å². The van der Waals surface area contributed by atoms with Gasteiger partial charge in [0.1, 0.15) is 0 Å². The Labute approximate surface area is 125 Å². The third-order valence-electron chi connectivity index (χ3n) is 2.57. The van der Waals surface area contributed by atoms with Gasteiger partial charge in [0.15, 0.2) is 0 Å². The number of hydrogen-bond donors (Lipinski definition) is 1. The van der Waals surface area contributed by atoms with Crippen molar-refractivity contribution < 1.29 is 19.2 Å². The predicted molar refractivity (Wildman–Crippen MR) is 79.8 cm³/mol. The largest absolute Gasteiger partial charge is 0.447 e. The number of unbranched alkanes of at least 4 members (excludes halogenated alkanes) is 1. The number of ether oxygens (including phenoxy) is 1. The van der Waals surface area contributed by atoms with E-state index in [0.717, 1.165) is 17.9 Å². The van der Waals surface area contributed by atoms with Crippen molar-refractivity contribution in [3.8, 4) is 0 Å².